The van der Waals surface area contributed by atoms with Gasteiger partial charge in [0.2, 0.25) is 0 Å². The molecule has 2 aromatic carbocycles. The predicted octanol–water partition coefficient (Wildman–Crippen LogP) is 9.02. The van der Waals surface area contributed by atoms with Crippen LogP contribution in [0.4, 0.5) is 10.1 Å². The number of pyridine rings is 2. The first-order valence-corrected chi connectivity index (χ1v) is 15.5. The highest BCUT2D eigenvalue weighted by Crippen LogP contribution is 2.40. The maximum absolute atomic E-state index is 14.2. The first kappa shape index (κ1) is 31.7. The van der Waals surface area contributed by atoms with Crippen molar-refractivity contribution in [3.8, 4) is 11.1 Å². The average Bonchev–Trinajstić information content (AvgIpc) is 3.01. The van der Waals surface area contributed by atoms with E-state index in [1.54, 1.807) is 18.5 Å². The van der Waals surface area contributed by atoms with Gasteiger partial charge in [-0.1, -0.05) is 62.9 Å². The number of nitrogens with one attached hydrogen (secondary N) is 2. The van der Waals surface area contributed by atoms with Crippen molar-refractivity contribution in [2.45, 2.75) is 54.1 Å². The summed E-state index contributed by atoms with van der Waals surface area (Å²) >= 11 is 0. The van der Waals surface area contributed by atoms with Gasteiger partial charge in [0.1, 0.15) is 5.82 Å². The van der Waals surface area contributed by atoms with Gasteiger partial charge in [-0.05, 0) is 95.8 Å². The lowest BCUT2D eigenvalue weighted by atomic mass is 9.73. The summed E-state index contributed by atoms with van der Waals surface area (Å²) in [5, 5.41) is 7.04. The summed E-state index contributed by atoms with van der Waals surface area (Å²) < 4.78 is 14.2. The van der Waals surface area contributed by atoms with E-state index in [-0.39, 0.29) is 11.2 Å². The number of allylic oxidation sites excluding steroid dienone is 4. The third-order valence-electron chi connectivity index (χ3n) is 8.20. The van der Waals surface area contributed by atoms with Crippen LogP contribution in [0.1, 0.15) is 55.0 Å². The molecule has 1 aliphatic rings. The monoisotopic (exact) mass is 599 g/mol. The van der Waals surface area contributed by atoms with Gasteiger partial charge in [-0.15, -0.1) is 0 Å². The Kier molecular flexibility index (Phi) is 9.84. The number of hydrogen-bond acceptors (Lipinski definition) is 5. The van der Waals surface area contributed by atoms with E-state index in [0.29, 0.717) is 12.2 Å². The van der Waals surface area contributed by atoms with Crippen LogP contribution in [0.25, 0.3) is 16.7 Å². The van der Waals surface area contributed by atoms with E-state index in [1.165, 1.54) is 11.6 Å². The predicted molar refractivity (Wildman–Crippen MR) is 186 cm³/mol. The molecule has 0 spiro atoms. The fourth-order valence-electron chi connectivity index (χ4n) is 5.72. The van der Waals surface area contributed by atoms with E-state index >= 15 is 0 Å². The number of hydrogen-bond donors (Lipinski definition) is 2. The largest absolute Gasteiger partial charge is 0.353 e. The van der Waals surface area contributed by atoms with Gasteiger partial charge >= 0.3 is 0 Å². The van der Waals surface area contributed by atoms with E-state index in [2.05, 4.69) is 83.5 Å². The molecule has 5 rings (SSSR count). The molecule has 6 heteroatoms. The molecule has 0 aliphatic heterocycles. The molecule has 0 saturated carbocycles. The number of anilines is 1. The van der Waals surface area contributed by atoms with Crippen molar-refractivity contribution in [3.63, 3.8) is 0 Å². The van der Waals surface area contributed by atoms with E-state index in [9.17, 15) is 4.39 Å². The lowest BCUT2D eigenvalue weighted by molar-refractivity contribution is 0.468. The summed E-state index contributed by atoms with van der Waals surface area (Å²) in [5.41, 5.74) is 11.4. The Bertz CT molecular complexity index is 1760. The fourth-order valence-corrected chi connectivity index (χ4v) is 5.72. The van der Waals surface area contributed by atoms with Crippen molar-refractivity contribution in [1.29, 1.82) is 0 Å². The Labute approximate surface area is 266 Å². The molecule has 0 fully saturated rings. The number of aromatic nitrogens is 2. The number of aliphatic imine (C=N–C) groups is 1. The molecule has 0 bridgehead atoms. The number of halogens is 1. The summed E-state index contributed by atoms with van der Waals surface area (Å²) in [6.07, 6.45) is 12.8. The molecular formula is C39H42FN5. The van der Waals surface area contributed by atoms with Crippen LogP contribution in [0, 0.1) is 25.1 Å². The smallest absolute Gasteiger partial charge is 0.124 e. The van der Waals surface area contributed by atoms with Gasteiger partial charge in [-0.25, -0.2) is 4.39 Å². The Hall–Kier alpha value is -4.68. The van der Waals surface area contributed by atoms with Crippen molar-refractivity contribution in [1.82, 2.24) is 15.3 Å². The maximum Gasteiger partial charge on any atom is 0.124 e. The van der Waals surface area contributed by atoms with Gasteiger partial charge in [0, 0.05) is 49.4 Å². The van der Waals surface area contributed by atoms with Gasteiger partial charge in [0.25, 0.3) is 0 Å². The average molecular weight is 600 g/mol. The van der Waals surface area contributed by atoms with Crippen molar-refractivity contribution < 1.29 is 4.39 Å². The summed E-state index contributed by atoms with van der Waals surface area (Å²) in [5.74, 6) is -0.260. The fraction of sp³-hybridized carbons (Fsp3) is 0.256. The van der Waals surface area contributed by atoms with Gasteiger partial charge in [-0.2, -0.15) is 0 Å². The molecule has 0 unspecified atom stereocenters. The zero-order valence-electron chi connectivity index (χ0n) is 26.9. The van der Waals surface area contributed by atoms with Gasteiger partial charge < -0.3 is 10.6 Å². The first-order valence-electron chi connectivity index (χ1n) is 15.5. The number of benzene rings is 2. The maximum atomic E-state index is 14.2. The van der Waals surface area contributed by atoms with E-state index < -0.39 is 0 Å². The van der Waals surface area contributed by atoms with Crippen LogP contribution >= 0.6 is 0 Å². The van der Waals surface area contributed by atoms with Crippen molar-refractivity contribution in [2.24, 2.45) is 10.4 Å². The van der Waals surface area contributed by atoms with Crippen LogP contribution in [0.3, 0.4) is 0 Å². The SMILES string of the molecule is C=C(Nc1cncc(-c2cc(C)cc(F)c2)c1C)/C(=N/CC)C1=CC(c2cncc(CNCc3ccccc3)c2)=CCC1(C)C. The topological polar surface area (TPSA) is 62.2 Å². The van der Waals surface area contributed by atoms with E-state index in [1.807, 2.05) is 45.3 Å². The lowest BCUT2D eigenvalue weighted by Gasteiger charge is -2.33. The minimum Gasteiger partial charge on any atom is -0.353 e. The van der Waals surface area contributed by atoms with Crippen LogP contribution in [0.2, 0.25) is 0 Å². The third kappa shape index (κ3) is 7.70. The van der Waals surface area contributed by atoms with Crippen molar-refractivity contribution in [2.75, 3.05) is 11.9 Å². The van der Waals surface area contributed by atoms with Crippen LogP contribution in [-0.2, 0) is 13.1 Å². The molecule has 45 heavy (non-hydrogen) atoms. The molecule has 1 aliphatic carbocycles. The minimum atomic E-state index is -0.260. The van der Waals surface area contributed by atoms with Crippen molar-refractivity contribution >= 4 is 17.0 Å². The molecule has 4 aromatic rings. The molecule has 0 saturated heterocycles. The van der Waals surface area contributed by atoms with Gasteiger partial charge in [-0.3, -0.25) is 15.0 Å². The molecule has 2 heterocycles. The molecule has 0 radical (unpaired) electrons. The number of nitrogens with zero attached hydrogens (tertiary/aromatic N) is 3. The minimum absolute atomic E-state index is 0.154. The highest BCUT2D eigenvalue weighted by atomic mass is 19.1. The standard InChI is InChI=1S/C39H42FN5/c1-7-44-38(28(4)45-37-25-43-24-35(27(37)3)32-15-26(2)16-34(40)18-32)36-19-31(13-14-39(36,5)6)33-17-30(22-42-23-33)21-41-20-29-11-9-8-10-12-29/h8-13,15-19,22-25,41,45H,4,7,14,20-21H2,1-3,5-6H3/b44-38-. The number of rotatable bonds is 11. The van der Waals surface area contributed by atoms with Crippen LogP contribution in [-0.4, -0.2) is 22.2 Å². The van der Waals surface area contributed by atoms with Crippen molar-refractivity contribution in [3.05, 3.63) is 143 Å². The lowest BCUT2D eigenvalue weighted by Crippen LogP contribution is -2.27. The van der Waals surface area contributed by atoms with E-state index in [0.717, 1.165) is 75.4 Å². The van der Waals surface area contributed by atoms with Crippen LogP contribution in [0.5, 0.6) is 0 Å². The molecule has 0 amide bonds. The van der Waals surface area contributed by atoms with E-state index in [4.69, 9.17) is 4.99 Å². The van der Waals surface area contributed by atoms with Crippen LogP contribution in [0.15, 0.2) is 114 Å². The third-order valence-corrected chi connectivity index (χ3v) is 8.20. The normalized spacial score (nSPS) is 14.5. The summed E-state index contributed by atoms with van der Waals surface area (Å²) in [6.45, 7) is 17.0. The highest BCUT2D eigenvalue weighted by Gasteiger charge is 2.31. The summed E-state index contributed by atoms with van der Waals surface area (Å²) in [7, 11) is 0. The highest BCUT2D eigenvalue weighted by molar-refractivity contribution is 6.15. The second-order valence-corrected chi connectivity index (χ2v) is 12.3. The van der Waals surface area contributed by atoms with Crippen LogP contribution < -0.4 is 10.6 Å². The second-order valence-electron chi connectivity index (χ2n) is 12.3. The quantitative estimate of drug-likeness (QED) is 0.169. The Balaban J connectivity index is 1.39. The molecular weight excluding hydrogens is 557 g/mol. The zero-order valence-corrected chi connectivity index (χ0v) is 26.9. The molecule has 230 valence electrons. The Morgan fingerprint density at radius 2 is 1.69 bits per heavy atom. The second kappa shape index (κ2) is 14.0. The summed E-state index contributed by atoms with van der Waals surface area (Å²) in [6, 6.07) is 17.7. The molecule has 0 atom stereocenters. The summed E-state index contributed by atoms with van der Waals surface area (Å²) in [4.78, 5) is 14.0. The Morgan fingerprint density at radius 3 is 2.44 bits per heavy atom. The molecule has 2 N–H and O–H groups in total. The molecule has 2 aromatic heterocycles. The van der Waals surface area contributed by atoms with Gasteiger partial charge in [0.15, 0.2) is 0 Å². The molecule has 5 nitrogen and oxygen atoms in total. The Morgan fingerprint density at radius 1 is 0.933 bits per heavy atom. The first-order chi connectivity index (χ1) is 21.6. The number of aryl methyl sites for hydroxylation is 1. The van der Waals surface area contributed by atoms with Gasteiger partial charge in [0.05, 0.1) is 23.3 Å². The zero-order chi connectivity index (χ0) is 32.0.